The Morgan fingerprint density at radius 3 is 2.40 bits per heavy atom. The van der Waals surface area contributed by atoms with Gasteiger partial charge in [0.25, 0.3) is 0 Å². The van der Waals surface area contributed by atoms with Crippen molar-refractivity contribution in [3.8, 4) is 0 Å². The van der Waals surface area contributed by atoms with Gasteiger partial charge in [-0.2, -0.15) is 0 Å². The maximum absolute atomic E-state index is 12.2. The number of rotatable bonds is 4. The molecule has 126 valence electrons. The van der Waals surface area contributed by atoms with E-state index < -0.39 is 0 Å². The van der Waals surface area contributed by atoms with Crippen LogP contribution in [0.1, 0.15) is 11.1 Å². The molecule has 0 radical (unpaired) electrons. The molecule has 0 atom stereocenters. The van der Waals surface area contributed by atoms with Crippen LogP contribution in [0.4, 0.5) is 0 Å². The first kappa shape index (κ1) is 16.9. The Kier molecular flexibility index (Phi) is 5.59. The molecule has 0 unspecified atom stereocenters. The molecule has 5 heteroatoms. The highest BCUT2D eigenvalue weighted by molar-refractivity contribution is 7.80. The summed E-state index contributed by atoms with van der Waals surface area (Å²) < 4.78 is 0. The number of amides is 1. The first-order valence-corrected chi connectivity index (χ1v) is 8.46. The summed E-state index contributed by atoms with van der Waals surface area (Å²) in [5.74, 6) is -0.139. The number of carbonyl (C=O) groups excluding carboxylic acids is 1. The molecule has 3 aromatic carbocycles. The zero-order valence-electron chi connectivity index (χ0n) is 13.7. The number of hydrogen-bond acceptors (Lipinski definition) is 2. The highest BCUT2D eigenvalue weighted by atomic mass is 32.1. The molecular weight excluding hydrogens is 330 g/mol. The highest BCUT2D eigenvalue weighted by Crippen LogP contribution is 2.18. The van der Waals surface area contributed by atoms with E-state index in [0.717, 1.165) is 21.9 Å². The van der Waals surface area contributed by atoms with Crippen LogP contribution in [0.25, 0.3) is 10.8 Å². The van der Waals surface area contributed by atoms with Crippen LogP contribution in [0.2, 0.25) is 0 Å². The van der Waals surface area contributed by atoms with Gasteiger partial charge in [-0.15, -0.1) is 0 Å². The van der Waals surface area contributed by atoms with Crippen molar-refractivity contribution in [2.45, 2.75) is 13.0 Å². The number of fused-ring (bicyclic) bond motifs is 1. The second-order valence-electron chi connectivity index (χ2n) is 5.66. The molecule has 0 saturated heterocycles. The van der Waals surface area contributed by atoms with Crippen LogP contribution in [0.3, 0.4) is 0 Å². The van der Waals surface area contributed by atoms with Crippen molar-refractivity contribution in [1.29, 1.82) is 0 Å². The standard InChI is InChI=1S/C20H19N3OS/c24-19(13-17-11-6-10-16-9-4-5-12-18(16)17)22-23-20(25)21-14-15-7-2-1-3-8-15/h1-12H,13-14H2,(H,22,24)(H2,21,23,25). The molecule has 25 heavy (non-hydrogen) atoms. The summed E-state index contributed by atoms with van der Waals surface area (Å²) in [4.78, 5) is 12.2. The third kappa shape index (κ3) is 4.78. The molecule has 0 aliphatic carbocycles. The maximum atomic E-state index is 12.2. The lowest BCUT2D eigenvalue weighted by molar-refractivity contribution is -0.120. The van der Waals surface area contributed by atoms with Gasteiger partial charge in [-0.1, -0.05) is 72.8 Å². The van der Waals surface area contributed by atoms with Crippen molar-refractivity contribution in [2.75, 3.05) is 0 Å². The van der Waals surface area contributed by atoms with Crippen molar-refractivity contribution in [3.63, 3.8) is 0 Å². The Bertz CT molecular complexity index is 875. The number of thiocarbonyl (C=S) groups is 1. The fourth-order valence-electron chi connectivity index (χ4n) is 2.61. The zero-order chi connectivity index (χ0) is 17.5. The third-order valence-electron chi connectivity index (χ3n) is 3.84. The number of hydrazine groups is 1. The minimum absolute atomic E-state index is 0.139. The molecule has 0 spiro atoms. The predicted molar refractivity (Wildman–Crippen MR) is 105 cm³/mol. The second-order valence-corrected chi connectivity index (χ2v) is 6.06. The summed E-state index contributed by atoms with van der Waals surface area (Å²) >= 11 is 5.18. The molecule has 3 N–H and O–H groups in total. The van der Waals surface area contributed by atoms with E-state index in [1.807, 2.05) is 72.8 Å². The van der Waals surface area contributed by atoms with E-state index in [4.69, 9.17) is 12.2 Å². The monoisotopic (exact) mass is 349 g/mol. The molecule has 0 saturated carbocycles. The van der Waals surface area contributed by atoms with Gasteiger partial charge in [-0.3, -0.25) is 15.6 Å². The Hall–Kier alpha value is -2.92. The fourth-order valence-corrected chi connectivity index (χ4v) is 2.74. The van der Waals surface area contributed by atoms with Crippen LogP contribution in [0.5, 0.6) is 0 Å². The molecule has 0 aliphatic heterocycles. The van der Waals surface area contributed by atoms with Gasteiger partial charge in [0.15, 0.2) is 5.11 Å². The first-order valence-electron chi connectivity index (χ1n) is 8.05. The minimum Gasteiger partial charge on any atom is -0.357 e. The number of nitrogens with one attached hydrogen (secondary N) is 3. The molecule has 1 amide bonds. The summed E-state index contributed by atoms with van der Waals surface area (Å²) in [5.41, 5.74) is 7.49. The van der Waals surface area contributed by atoms with Gasteiger partial charge in [0.2, 0.25) is 5.91 Å². The summed E-state index contributed by atoms with van der Waals surface area (Å²) in [5, 5.41) is 5.65. The van der Waals surface area contributed by atoms with Crippen LogP contribution in [0.15, 0.2) is 72.8 Å². The Morgan fingerprint density at radius 1 is 0.840 bits per heavy atom. The molecule has 0 aliphatic rings. The van der Waals surface area contributed by atoms with Gasteiger partial charge in [0.1, 0.15) is 0 Å². The highest BCUT2D eigenvalue weighted by Gasteiger charge is 2.07. The average molecular weight is 349 g/mol. The zero-order valence-corrected chi connectivity index (χ0v) is 14.5. The molecule has 4 nitrogen and oxygen atoms in total. The minimum atomic E-state index is -0.139. The van der Waals surface area contributed by atoms with Crippen LogP contribution >= 0.6 is 12.2 Å². The van der Waals surface area contributed by atoms with Gasteiger partial charge in [0, 0.05) is 6.54 Å². The van der Waals surface area contributed by atoms with E-state index in [0.29, 0.717) is 11.7 Å². The Morgan fingerprint density at radius 2 is 1.56 bits per heavy atom. The molecule has 0 fully saturated rings. The van der Waals surface area contributed by atoms with Gasteiger partial charge in [-0.25, -0.2) is 0 Å². The van der Waals surface area contributed by atoms with E-state index in [2.05, 4.69) is 16.2 Å². The summed E-state index contributed by atoms with van der Waals surface area (Å²) in [7, 11) is 0. The molecule has 3 aromatic rings. The van der Waals surface area contributed by atoms with E-state index >= 15 is 0 Å². The maximum Gasteiger partial charge on any atom is 0.242 e. The van der Waals surface area contributed by atoms with Gasteiger partial charge in [-0.05, 0) is 34.1 Å². The summed E-state index contributed by atoms with van der Waals surface area (Å²) in [6.45, 7) is 0.603. The smallest absolute Gasteiger partial charge is 0.242 e. The largest absolute Gasteiger partial charge is 0.357 e. The summed E-state index contributed by atoms with van der Waals surface area (Å²) in [6.07, 6.45) is 0.287. The van der Waals surface area contributed by atoms with Crippen molar-refractivity contribution < 1.29 is 4.79 Å². The quantitative estimate of drug-likeness (QED) is 0.500. The molecule has 3 rings (SSSR count). The normalized spacial score (nSPS) is 10.2. The lowest BCUT2D eigenvalue weighted by Crippen LogP contribution is -2.47. The van der Waals surface area contributed by atoms with Crippen LogP contribution in [-0.2, 0) is 17.8 Å². The topological polar surface area (TPSA) is 53.2 Å². The van der Waals surface area contributed by atoms with E-state index in [1.54, 1.807) is 0 Å². The van der Waals surface area contributed by atoms with Gasteiger partial charge < -0.3 is 5.32 Å². The average Bonchev–Trinajstić information content (AvgIpc) is 2.66. The second kappa shape index (κ2) is 8.26. The summed E-state index contributed by atoms with van der Waals surface area (Å²) in [6, 6.07) is 23.9. The van der Waals surface area contributed by atoms with Crippen molar-refractivity contribution >= 4 is 34.0 Å². The van der Waals surface area contributed by atoms with E-state index in [1.165, 1.54) is 0 Å². The van der Waals surface area contributed by atoms with Crippen LogP contribution < -0.4 is 16.2 Å². The first-order chi connectivity index (χ1) is 12.2. The van der Waals surface area contributed by atoms with Crippen LogP contribution in [-0.4, -0.2) is 11.0 Å². The van der Waals surface area contributed by atoms with Crippen molar-refractivity contribution in [2.24, 2.45) is 0 Å². The van der Waals surface area contributed by atoms with Gasteiger partial charge >= 0.3 is 0 Å². The van der Waals surface area contributed by atoms with E-state index in [9.17, 15) is 4.79 Å². The number of carbonyl (C=O) groups is 1. The van der Waals surface area contributed by atoms with Gasteiger partial charge in [0.05, 0.1) is 6.42 Å². The molecular formula is C20H19N3OS. The molecule has 0 bridgehead atoms. The Balaban J connectivity index is 1.50. The third-order valence-corrected chi connectivity index (χ3v) is 4.09. The number of benzene rings is 3. The molecule has 0 heterocycles. The molecule has 0 aromatic heterocycles. The lowest BCUT2D eigenvalue weighted by atomic mass is 10.0. The predicted octanol–water partition coefficient (Wildman–Crippen LogP) is 3.08. The van der Waals surface area contributed by atoms with Crippen molar-refractivity contribution in [1.82, 2.24) is 16.2 Å². The number of hydrogen-bond donors (Lipinski definition) is 3. The van der Waals surface area contributed by atoms with E-state index in [-0.39, 0.29) is 12.3 Å². The SMILES string of the molecule is O=C(Cc1cccc2ccccc12)NNC(=S)NCc1ccccc1. The fraction of sp³-hybridized carbons (Fsp3) is 0.100. The van der Waals surface area contributed by atoms with Crippen LogP contribution in [0, 0.1) is 0 Å². The Labute approximate surface area is 152 Å². The van der Waals surface area contributed by atoms with Crippen molar-refractivity contribution in [3.05, 3.63) is 83.9 Å². The lowest BCUT2D eigenvalue weighted by Gasteiger charge is -2.12.